The van der Waals surface area contributed by atoms with Crippen molar-refractivity contribution in [1.29, 1.82) is 0 Å². The van der Waals surface area contributed by atoms with Crippen LogP contribution in [-0.2, 0) is 11.3 Å². The van der Waals surface area contributed by atoms with Gasteiger partial charge in [0, 0.05) is 18.0 Å². The van der Waals surface area contributed by atoms with Crippen molar-refractivity contribution in [2.24, 2.45) is 11.8 Å². The Morgan fingerprint density at radius 2 is 2.18 bits per heavy atom. The van der Waals surface area contributed by atoms with E-state index in [0.717, 1.165) is 13.1 Å². The zero-order chi connectivity index (χ0) is 16.1. The van der Waals surface area contributed by atoms with Gasteiger partial charge < -0.3 is 20.1 Å². The molecule has 1 saturated heterocycles. The lowest BCUT2D eigenvalue weighted by Crippen LogP contribution is -2.49. The minimum Gasteiger partial charge on any atom is -0.497 e. The lowest BCUT2D eigenvalue weighted by Gasteiger charge is -2.31. The molecule has 122 valence electrons. The van der Waals surface area contributed by atoms with Crippen molar-refractivity contribution < 1.29 is 23.0 Å². The Morgan fingerprint density at radius 1 is 1.45 bits per heavy atom. The summed E-state index contributed by atoms with van der Waals surface area (Å²) < 4.78 is 34.4. The SMILES string of the molecule is COc1ccc(OC(F)F)c(CNC(=O)C(C)C2CNC2)c1. The summed E-state index contributed by atoms with van der Waals surface area (Å²) in [7, 11) is 1.48. The van der Waals surface area contributed by atoms with Gasteiger partial charge in [-0.3, -0.25) is 4.79 Å². The minimum absolute atomic E-state index is 0.0362. The van der Waals surface area contributed by atoms with Crippen molar-refractivity contribution in [3.8, 4) is 11.5 Å². The van der Waals surface area contributed by atoms with Gasteiger partial charge in [-0.1, -0.05) is 6.92 Å². The number of nitrogens with one attached hydrogen (secondary N) is 2. The van der Waals surface area contributed by atoms with Gasteiger partial charge in [-0.05, 0) is 37.2 Å². The van der Waals surface area contributed by atoms with E-state index in [-0.39, 0.29) is 24.1 Å². The molecule has 0 aromatic heterocycles. The first-order valence-corrected chi connectivity index (χ1v) is 7.11. The van der Waals surface area contributed by atoms with Gasteiger partial charge in [0.05, 0.1) is 7.11 Å². The van der Waals surface area contributed by atoms with Crippen LogP contribution in [0, 0.1) is 11.8 Å². The molecule has 1 aromatic rings. The average Bonchev–Trinajstić information content (AvgIpc) is 2.43. The van der Waals surface area contributed by atoms with E-state index < -0.39 is 6.61 Å². The van der Waals surface area contributed by atoms with Crippen LogP contribution in [0.4, 0.5) is 8.78 Å². The summed E-state index contributed by atoms with van der Waals surface area (Å²) in [5.41, 5.74) is 0.451. The predicted octanol–water partition coefficient (Wildman–Crippen LogP) is 1.77. The van der Waals surface area contributed by atoms with Gasteiger partial charge >= 0.3 is 6.61 Å². The van der Waals surface area contributed by atoms with Gasteiger partial charge in [0.15, 0.2) is 0 Å². The van der Waals surface area contributed by atoms with Gasteiger partial charge in [0.25, 0.3) is 0 Å². The molecule has 2 rings (SSSR count). The Bertz CT molecular complexity index is 522. The summed E-state index contributed by atoms with van der Waals surface area (Å²) in [4.78, 5) is 12.1. The van der Waals surface area contributed by atoms with Crippen molar-refractivity contribution in [2.75, 3.05) is 20.2 Å². The Balaban J connectivity index is 2.01. The van der Waals surface area contributed by atoms with E-state index in [1.807, 2.05) is 6.92 Å². The first kappa shape index (κ1) is 16.5. The molecule has 0 bridgehead atoms. The van der Waals surface area contributed by atoms with Gasteiger partial charge in [-0.2, -0.15) is 8.78 Å². The molecular weight excluding hydrogens is 294 g/mol. The molecule has 1 heterocycles. The Morgan fingerprint density at radius 3 is 2.73 bits per heavy atom. The lowest BCUT2D eigenvalue weighted by atomic mass is 9.88. The van der Waals surface area contributed by atoms with Gasteiger partial charge in [0.2, 0.25) is 5.91 Å². The van der Waals surface area contributed by atoms with Gasteiger partial charge in [-0.25, -0.2) is 0 Å². The first-order valence-electron chi connectivity index (χ1n) is 7.11. The molecule has 1 atom stereocenters. The molecule has 1 aliphatic rings. The van der Waals surface area contributed by atoms with Crippen LogP contribution in [0.3, 0.4) is 0 Å². The predicted molar refractivity (Wildman–Crippen MR) is 77.0 cm³/mol. The fourth-order valence-corrected chi connectivity index (χ4v) is 2.25. The molecule has 0 spiro atoms. The Kier molecular flexibility index (Phi) is 5.54. The highest BCUT2D eigenvalue weighted by Crippen LogP contribution is 2.26. The summed E-state index contributed by atoms with van der Waals surface area (Å²) in [6.45, 7) is 0.717. The zero-order valence-electron chi connectivity index (χ0n) is 12.6. The normalized spacial score (nSPS) is 16.0. The first-order chi connectivity index (χ1) is 10.5. The number of benzene rings is 1. The highest BCUT2D eigenvalue weighted by Gasteiger charge is 2.28. The number of carbonyl (C=O) groups excluding carboxylic acids is 1. The van der Waals surface area contributed by atoms with Crippen molar-refractivity contribution in [1.82, 2.24) is 10.6 Å². The third-order valence-electron chi connectivity index (χ3n) is 3.87. The number of amides is 1. The second-order valence-corrected chi connectivity index (χ2v) is 5.28. The second-order valence-electron chi connectivity index (χ2n) is 5.28. The van der Waals surface area contributed by atoms with Gasteiger partial charge in [0.1, 0.15) is 11.5 Å². The zero-order valence-corrected chi connectivity index (χ0v) is 12.6. The second kappa shape index (κ2) is 7.40. The number of rotatable bonds is 7. The summed E-state index contributed by atoms with van der Waals surface area (Å²) in [5, 5.41) is 5.88. The number of halogens is 2. The maximum Gasteiger partial charge on any atom is 0.387 e. The molecule has 7 heteroatoms. The molecule has 22 heavy (non-hydrogen) atoms. The molecule has 0 aliphatic carbocycles. The van der Waals surface area contributed by atoms with E-state index in [1.165, 1.54) is 19.2 Å². The maximum absolute atomic E-state index is 12.4. The van der Waals surface area contributed by atoms with Crippen LogP contribution in [0.2, 0.25) is 0 Å². The number of carbonyl (C=O) groups is 1. The van der Waals surface area contributed by atoms with Crippen molar-refractivity contribution in [3.63, 3.8) is 0 Å². The van der Waals surface area contributed by atoms with Crippen molar-refractivity contribution >= 4 is 5.91 Å². The molecule has 2 N–H and O–H groups in total. The summed E-state index contributed by atoms with van der Waals surface area (Å²) in [6, 6.07) is 4.52. The van der Waals surface area contributed by atoms with Crippen LogP contribution in [0.15, 0.2) is 18.2 Å². The maximum atomic E-state index is 12.4. The molecule has 1 aromatic carbocycles. The fraction of sp³-hybridized carbons (Fsp3) is 0.533. The number of ether oxygens (including phenoxy) is 2. The lowest BCUT2D eigenvalue weighted by molar-refractivity contribution is -0.126. The fourth-order valence-electron chi connectivity index (χ4n) is 2.25. The van der Waals surface area contributed by atoms with Crippen molar-refractivity contribution in [3.05, 3.63) is 23.8 Å². The summed E-state index contributed by atoms with van der Waals surface area (Å²) in [6.07, 6.45) is 0. The third-order valence-corrected chi connectivity index (χ3v) is 3.87. The minimum atomic E-state index is -2.91. The Labute approximate surface area is 128 Å². The quantitative estimate of drug-likeness (QED) is 0.805. The highest BCUT2D eigenvalue weighted by atomic mass is 19.3. The molecule has 1 fully saturated rings. The van der Waals surface area contributed by atoms with Crippen LogP contribution in [0.5, 0.6) is 11.5 Å². The number of alkyl halides is 2. The van der Waals surface area contributed by atoms with E-state index in [9.17, 15) is 13.6 Å². The molecule has 1 amide bonds. The molecule has 1 aliphatic heterocycles. The largest absolute Gasteiger partial charge is 0.497 e. The number of hydrogen-bond acceptors (Lipinski definition) is 4. The Hall–Kier alpha value is -1.89. The number of methoxy groups -OCH3 is 1. The van der Waals surface area contributed by atoms with E-state index in [2.05, 4.69) is 15.4 Å². The smallest absolute Gasteiger partial charge is 0.387 e. The van der Waals surface area contributed by atoms with Crippen LogP contribution in [-0.4, -0.2) is 32.7 Å². The van der Waals surface area contributed by atoms with Crippen molar-refractivity contribution in [2.45, 2.75) is 20.1 Å². The average molecular weight is 314 g/mol. The number of hydrogen-bond donors (Lipinski definition) is 2. The van der Waals surface area contributed by atoms with Crippen LogP contribution < -0.4 is 20.1 Å². The third kappa shape index (κ3) is 4.07. The van der Waals surface area contributed by atoms with Crippen LogP contribution >= 0.6 is 0 Å². The van der Waals surface area contributed by atoms with E-state index in [1.54, 1.807) is 6.07 Å². The summed E-state index contributed by atoms with van der Waals surface area (Å²) >= 11 is 0. The molecule has 5 nitrogen and oxygen atoms in total. The van der Waals surface area contributed by atoms with E-state index in [0.29, 0.717) is 17.2 Å². The van der Waals surface area contributed by atoms with E-state index >= 15 is 0 Å². The monoisotopic (exact) mass is 314 g/mol. The molecule has 0 radical (unpaired) electrons. The van der Waals surface area contributed by atoms with Gasteiger partial charge in [-0.15, -0.1) is 0 Å². The standard InChI is InChI=1S/C15H20F2N2O3/c1-9(11-6-18-7-11)14(20)19-8-10-5-12(21-2)3-4-13(10)22-15(16)17/h3-5,9,11,15,18H,6-8H2,1-2H3,(H,19,20). The van der Waals surface area contributed by atoms with Crippen LogP contribution in [0.1, 0.15) is 12.5 Å². The molecule has 1 unspecified atom stereocenters. The highest BCUT2D eigenvalue weighted by molar-refractivity contribution is 5.78. The van der Waals surface area contributed by atoms with Crippen LogP contribution in [0.25, 0.3) is 0 Å². The summed E-state index contributed by atoms with van der Waals surface area (Å²) in [5.74, 6) is 0.655. The van der Waals surface area contributed by atoms with E-state index in [4.69, 9.17) is 4.74 Å². The topological polar surface area (TPSA) is 59.6 Å². The molecule has 0 saturated carbocycles. The molecular formula is C15H20F2N2O3.